The summed E-state index contributed by atoms with van der Waals surface area (Å²) in [6, 6.07) is 5.13. The van der Waals surface area contributed by atoms with Crippen LogP contribution in [0.25, 0.3) is 0 Å². The van der Waals surface area contributed by atoms with Crippen molar-refractivity contribution in [3.63, 3.8) is 0 Å². The summed E-state index contributed by atoms with van der Waals surface area (Å²) in [7, 11) is 0. The Morgan fingerprint density at radius 2 is 2.17 bits per heavy atom. The van der Waals surface area contributed by atoms with Gasteiger partial charge in [-0.3, -0.25) is 4.79 Å². The highest BCUT2D eigenvalue weighted by Gasteiger charge is 2.28. The molecule has 5 N–H and O–H groups in total. The molecule has 1 unspecified atom stereocenters. The molecule has 0 aliphatic carbocycles. The summed E-state index contributed by atoms with van der Waals surface area (Å²) >= 11 is 0. The number of urea groups is 1. The van der Waals surface area contributed by atoms with Gasteiger partial charge in [0, 0.05) is 24.3 Å². The molecule has 29 heavy (non-hydrogen) atoms. The Labute approximate surface area is 170 Å². The number of likely N-dealkylation sites (tertiary alicyclic amines) is 1. The van der Waals surface area contributed by atoms with Crippen molar-refractivity contribution in [1.29, 1.82) is 0 Å². The third-order valence-electron chi connectivity index (χ3n) is 5.37. The van der Waals surface area contributed by atoms with E-state index in [0.717, 1.165) is 36.1 Å². The zero-order chi connectivity index (χ0) is 20.8. The van der Waals surface area contributed by atoms with Crippen LogP contribution in [-0.4, -0.2) is 65.6 Å². The Balaban J connectivity index is 1.51. The molecule has 1 aromatic rings. The Kier molecular flexibility index (Phi) is 7.29. The Morgan fingerprint density at radius 3 is 2.93 bits per heavy atom. The van der Waals surface area contributed by atoms with E-state index in [1.807, 2.05) is 25.1 Å². The molecule has 3 rings (SSSR count). The average Bonchev–Trinajstić information content (AvgIpc) is 3.14. The summed E-state index contributed by atoms with van der Waals surface area (Å²) in [6.07, 6.45) is 1.56. The molecule has 2 heterocycles. The number of anilines is 1. The highest BCUT2D eigenvalue weighted by atomic mass is 16.5. The first kappa shape index (κ1) is 21.4. The van der Waals surface area contributed by atoms with Crippen molar-refractivity contribution < 1.29 is 24.5 Å². The number of ether oxygens (including phenoxy) is 1. The molecule has 0 bridgehead atoms. The lowest BCUT2D eigenvalue weighted by molar-refractivity contribution is -0.131. The molecule has 2 aliphatic rings. The van der Waals surface area contributed by atoms with Crippen molar-refractivity contribution >= 4 is 17.6 Å². The maximum absolute atomic E-state index is 12.2. The molecule has 1 saturated heterocycles. The molecule has 3 amide bonds. The van der Waals surface area contributed by atoms with E-state index in [1.165, 1.54) is 0 Å². The zero-order valence-corrected chi connectivity index (χ0v) is 16.7. The zero-order valence-electron chi connectivity index (χ0n) is 16.7. The van der Waals surface area contributed by atoms with Crippen molar-refractivity contribution in [3.05, 3.63) is 29.3 Å². The number of carbonyl (C=O) groups excluding carboxylic acids is 2. The third kappa shape index (κ3) is 5.37. The van der Waals surface area contributed by atoms with Gasteiger partial charge in [-0.1, -0.05) is 13.0 Å². The van der Waals surface area contributed by atoms with E-state index in [0.29, 0.717) is 13.1 Å². The van der Waals surface area contributed by atoms with E-state index in [9.17, 15) is 19.8 Å². The first-order chi connectivity index (χ1) is 14.0. The van der Waals surface area contributed by atoms with Gasteiger partial charge in [-0.25, -0.2) is 4.79 Å². The minimum atomic E-state index is -0.751. The number of amides is 3. The van der Waals surface area contributed by atoms with Gasteiger partial charge in [-0.05, 0) is 37.0 Å². The van der Waals surface area contributed by atoms with E-state index in [-0.39, 0.29) is 37.8 Å². The number of rotatable bonds is 6. The number of hydrogen-bond donors (Lipinski definition) is 5. The number of benzene rings is 1. The second-order valence-corrected chi connectivity index (χ2v) is 7.41. The highest BCUT2D eigenvalue weighted by Crippen LogP contribution is 2.32. The smallest absolute Gasteiger partial charge is 0.315 e. The van der Waals surface area contributed by atoms with Crippen LogP contribution in [0.5, 0.6) is 0 Å². The van der Waals surface area contributed by atoms with Crippen LogP contribution >= 0.6 is 0 Å². The second kappa shape index (κ2) is 9.91. The number of nitrogens with zero attached hydrogens (tertiary/aromatic N) is 1. The minimum Gasteiger partial charge on any atom is -0.394 e. The van der Waals surface area contributed by atoms with Gasteiger partial charge in [-0.15, -0.1) is 0 Å². The van der Waals surface area contributed by atoms with Crippen molar-refractivity contribution in [1.82, 2.24) is 15.5 Å². The summed E-state index contributed by atoms with van der Waals surface area (Å²) in [5.41, 5.74) is 2.66. The molecule has 0 spiro atoms. The maximum Gasteiger partial charge on any atom is 0.315 e. The van der Waals surface area contributed by atoms with E-state index >= 15 is 0 Å². The Morgan fingerprint density at radius 1 is 1.34 bits per heavy atom. The van der Waals surface area contributed by atoms with Crippen LogP contribution < -0.4 is 16.0 Å². The first-order valence-corrected chi connectivity index (χ1v) is 10.1. The molecule has 160 valence electrons. The van der Waals surface area contributed by atoms with Crippen molar-refractivity contribution in [2.75, 3.05) is 31.6 Å². The van der Waals surface area contributed by atoms with Gasteiger partial charge in [0.15, 0.2) is 0 Å². The molecule has 0 aromatic heterocycles. The molecule has 9 heteroatoms. The van der Waals surface area contributed by atoms with Crippen LogP contribution in [0, 0.1) is 0 Å². The maximum atomic E-state index is 12.2. The monoisotopic (exact) mass is 406 g/mol. The lowest BCUT2D eigenvalue weighted by Gasteiger charge is -2.23. The molecule has 1 aromatic carbocycles. The summed E-state index contributed by atoms with van der Waals surface area (Å²) in [5.74, 6) is -0.186. The van der Waals surface area contributed by atoms with Crippen LogP contribution in [0.3, 0.4) is 0 Å². The quantitative estimate of drug-likeness (QED) is 0.473. The van der Waals surface area contributed by atoms with Gasteiger partial charge >= 0.3 is 6.03 Å². The summed E-state index contributed by atoms with van der Waals surface area (Å²) in [6.45, 7) is 3.00. The van der Waals surface area contributed by atoms with E-state index in [2.05, 4.69) is 16.0 Å². The normalized spacial score (nSPS) is 23.7. The lowest BCUT2D eigenvalue weighted by atomic mass is 10.0. The molecule has 3 atom stereocenters. The fraction of sp³-hybridized carbons (Fsp3) is 0.600. The van der Waals surface area contributed by atoms with Gasteiger partial charge in [0.1, 0.15) is 6.23 Å². The van der Waals surface area contributed by atoms with Crippen LogP contribution in [0.2, 0.25) is 0 Å². The van der Waals surface area contributed by atoms with Crippen molar-refractivity contribution in [2.24, 2.45) is 0 Å². The third-order valence-corrected chi connectivity index (χ3v) is 5.37. The molecule has 0 saturated carbocycles. The van der Waals surface area contributed by atoms with E-state index < -0.39 is 12.3 Å². The van der Waals surface area contributed by atoms with Gasteiger partial charge < -0.3 is 35.8 Å². The number of carbonyl (C=O) groups is 2. The lowest BCUT2D eigenvalue weighted by Crippen LogP contribution is -2.46. The predicted octanol–water partition coefficient (Wildman–Crippen LogP) is 0.681. The fourth-order valence-electron chi connectivity index (χ4n) is 3.83. The van der Waals surface area contributed by atoms with E-state index in [1.54, 1.807) is 4.90 Å². The molecule has 0 radical (unpaired) electrons. The number of aliphatic hydroxyl groups is 2. The van der Waals surface area contributed by atoms with Gasteiger partial charge in [0.25, 0.3) is 0 Å². The van der Waals surface area contributed by atoms with Gasteiger partial charge in [0.2, 0.25) is 5.91 Å². The second-order valence-electron chi connectivity index (χ2n) is 7.41. The van der Waals surface area contributed by atoms with Crippen LogP contribution in [0.4, 0.5) is 10.5 Å². The highest BCUT2D eigenvalue weighted by molar-refractivity contribution is 5.84. The molecular formula is C20H30N4O5. The summed E-state index contributed by atoms with van der Waals surface area (Å²) in [5, 5.41) is 27.5. The molecule has 1 fully saturated rings. The van der Waals surface area contributed by atoms with Crippen LogP contribution in [0.1, 0.15) is 43.4 Å². The minimum absolute atomic E-state index is 0.0510. The van der Waals surface area contributed by atoms with Crippen molar-refractivity contribution in [3.8, 4) is 0 Å². The van der Waals surface area contributed by atoms with Gasteiger partial charge in [0.05, 0.1) is 31.9 Å². The molecule has 2 aliphatic heterocycles. The standard InChI is InChI=1S/C20H30N4O5/c1-2-17-15-8-13(5-6-16(15)23-18(26)12-29-17)9-21-20(28)22-10-19(27)24-7-3-4-14(24)11-25/h5-6,8,14,17-18,23,25-26H,2-4,7,9-12H2,1H3,(H2,21,22,28)/t14?,17-,18-/m1/s1. The van der Waals surface area contributed by atoms with Crippen LogP contribution in [0.15, 0.2) is 18.2 Å². The van der Waals surface area contributed by atoms with E-state index in [4.69, 9.17) is 4.74 Å². The SMILES string of the molecule is CC[C@H]1OC[C@@H](O)Nc2ccc(CNC(=O)NCC(=O)N3CCCC3CO)cc21. The first-order valence-electron chi connectivity index (χ1n) is 10.1. The topological polar surface area (TPSA) is 123 Å². The number of hydrogen-bond acceptors (Lipinski definition) is 6. The van der Waals surface area contributed by atoms with Crippen LogP contribution in [-0.2, 0) is 16.1 Å². The van der Waals surface area contributed by atoms with Gasteiger partial charge in [-0.2, -0.15) is 0 Å². The fourth-order valence-corrected chi connectivity index (χ4v) is 3.83. The average molecular weight is 406 g/mol. The number of aliphatic hydroxyl groups excluding tert-OH is 2. The number of fused-ring (bicyclic) bond motifs is 1. The number of nitrogens with one attached hydrogen (secondary N) is 3. The predicted molar refractivity (Wildman–Crippen MR) is 107 cm³/mol. The summed E-state index contributed by atoms with van der Waals surface area (Å²) in [4.78, 5) is 25.9. The van der Waals surface area contributed by atoms with Crippen molar-refractivity contribution in [2.45, 2.75) is 51.1 Å². The molecule has 9 nitrogen and oxygen atoms in total. The summed E-state index contributed by atoms with van der Waals surface area (Å²) < 4.78 is 5.73. The Bertz CT molecular complexity index is 729. The largest absolute Gasteiger partial charge is 0.394 e. The Hall–Kier alpha value is -2.36. The molecular weight excluding hydrogens is 376 g/mol.